The Morgan fingerprint density at radius 1 is 0.588 bits per heavy atom. The highest BCUT2D eigenvalue weighted by Crippen LogP contribution is 2.56. The Morgan fingerprint density at radius 2 is 0.971 bits per heavy atom. The predicted octanol–water partition coefficient (Wildman–Crippen LogP) is 6.83. The van der Waals surface area contributed by atoms with Crippen molar-refractivity contribution in [3.05, 3.63) is 0 Å². The third-order valence-corrected chi connectivity index (χ3v) is 13.5. The van der Waals surface area contributed by atoms with Gasteiger partial charge in [0.1, 0.15) is 12.2 Å². The van der Waals surface area contributed by atoms with Crippen LogP contribution in [0.15, 0.2) is 0 Å². The topological polar surface area (TPSA) is 81.7 Å². The first-order chi connectivity index (χ1) is 14.8. The van der Waals surface area contributed by atoms with Crippen molar-refractivity contribution in [3.8, 4) is 0 Å². The molecule has 1 rings (SSSR count). The molecule has 4 atom stereocenters. The van der Waals surface area contributed by atoms with Crippen molar-refractivity contribution in [3.63, 3.8) is 0 Å². The Bertz CT molecular complexity index is 686. The van der Waals surface area contributed by atoms with E-state index in [1.54, 1.807) is 0 Å². The van der Waals surface area contributed by atoms with Gasteiger partial charge in [0.2, 0.25) is 0 Å². The average Bonchev–Trinajstić information content (AvgIpc) is 2.45. The Kier molecular flexibility index (Phi) is 11.1. The molecule has 8 nitrogen and oxygen atoms in total. The lowest BCUT2D eigenvalue weighted by atomic mass is 10.1. The first-order valence-electron chi connectivity index (χ1n) is 12.1. The van der Waals surface area contributed by atoms with Gasteiger partial charge in [-0.05, 0) is 98.2 Å². The number of rotatable bonds is 12. The fraction of sp³-hybridized carbons (Fsp3) is 1.00. The normalized spacial score (nSPS) is 26.1. The van der Waals surface area contributed by atoms with E-state index in [1.165, 1.54) is 0 Å². The van der Waals surface area contributed by atoms with E-state index >= 15 is 0 Å². The molecular formula is C20H51O8PSi5. The van der Waals surface area contributed by atoms with Crippen LogP contribution in [-0.4, -0.2) is 72.8 Å². The second-order valence-electron chi connectivity index (χ2n) is 13.8. The third kappa shape index (κ3) is 13.5. The zero-order chi connectivity index (χ0) is 27.0. The first kappa shape index (κ1) is 33.1. The van der Waals surface area contributed by atoms with Gasteiger partial charge in [0.15, 0.2) is 47.9 Å². The summed E-state index contributed by atoms with van der Waals surface area (Å²) in [5, 5.41) is 0. The smallest absolute Gasteiger partial charge is 0.410 e. The van der Waals surface area contributed by atoms with Crippen LogP contribution in [0.3, 0.4) is 0 Å². The highest BCUT2D eigenvalue weighted by molar-refractivity contribution is 7.52. The van der Waals surface area contributed by atoms with Gasteiger partial charge >= 0.3 is 7.82 Å². The Balaban J connectivity index is 3.45. The van der Waals surface area contributed by atoms with Gasteiger partial charge in [-0.2, -0.15) is 0 Å². The summed E-state index contributed by atoms with van der Waals surface area (Å²) in [6, 6.07) is 0. The molecule has 0 aromatic carbocycles. The Morgan fingerprint density at radius 3 is 1.32 bits per heavy atom. The molecule has 0 bridgehead atoms. The second-order valence-corrected chi connectivity index (χ2v) is 38.2. The second kappa shape index (κ2) is 11.4. The maximum absolute atomic E-state index is 13.9. The van der Waals surface area contributed by atoms with Crippen LogP contribution in [0.5, 0.6) is 0 Å². The summed E-state index contributed by atoms with van der Waals surface area (Å²) < 4.78 is 58.1. The van der Waals surface area contributed by atoms with Crippen molar-refractivity contribution in [1.29, 1.82) is 0 Å². The zero-order valence-corrected chi connectivity index (χ0v) is 30.1. The predicted molar refractivity (Wildman–Crippen MR) is 152 cm³/mol. The highest BCUT2D eigenvalue weighted by atomic mass is 31.2. The number of hydrogen-bond acceptors (Lipinski definition) is 8. The van der Waals surface area contributed by atoms with E-state index in [0.29, 0.717) is 0 Å². The molecule has 34 heavy (non-hydrogen) atoms. The SMILES string of the molecule is C[Si](C)(C)O[C@@H]1[C@@H](O[Si](C)(C)C)[C@@H](OP(=O)(O[Si](C)(C)C)O[Si](C)(C)C)OC[C@H]1O[Si](C)(C)C. The molecule has 0 radical (unpaired) electrons. The molecule has 0 spiro atoms. The van der Waals surface area contributed by atoms with Crippen LogP contribution in [0.4, 0.5) is 0 Å². The summed E-state index contributed by atoms with van der Waals surface area (Å²) in [6.45, 7) is 31.2. The molecule has 1 aliphatic rings. The summed E-state index contributed by atoms with van der Waals surface area (Å²) in [5.74, 6) is 0. The van der Waals surface area contributed by atoms with Gasteiger partial charge < -0.3 is 26.4 Å². The van der Waals surface area contributed by atoms with Crippen LogP contribution in [0.25, 0.3) is 0 Å². The molecule has 0 aromatic rings. The summed E-state index contributed by atoms with van der Waals surface area (Å²) in [7, 11) is -14.4. The van der Waals surface area contributed by atoms with Gasteiger partial charge in [0, 0.05) is 0 Å². The van der Waals surface area contributed by atoms with Gasteiger partial charge in [0.05, 0.1) is 12.7 Å². The maximum atomic E-state index is 13.9. The largest absolute Gasteiger partial charge is 0.457 e. The van der Waals surface area contributed by atoms with Crippen molar-refractivity contribution < 1.29 is 35.5 Å². The van der Waals surface area contributed by atoms with Gasteiger partial charge in [-0.3, -0.25) is 4.52 Å². The summed E-state index contributed by atoms with van der Waals surface area (Å²) in [4.78, 5) is 0. The van der Waals surface area contributed by atoms with Crippen molar-refractivity contribution in [1.82, 2.24) is 0 Å². The minimum atomic E-state index is -3.91. The van der Waals surface area contributed by atoms with Crippen LogP contribution in [0.1, 0.15) is 0 Å². The summed E-state index contributed by atoms with van der Waals surface area (Å²) in [6.07, 6.45) is -2.27. The molecule has 1 aliphatic heterocycles. The Labute approximate surface area is 214 Å². The maximum Gasteiger partial charge on any atom is 0.457 e. The van der Waals surface area contributed by atoms with Crippen molar-refractivity contribution in [2.24, 2.45) is 0 Å². The molecule has 0 N–H and O–H groups in total. The van der Waals surface area contributed by atoms with Crippen LogP contribution in [0, 0.1) is 0 Å². The fourth-order valence-corrected chi connectivity index (χ4v) is 13.2. The van der Waals surface area contributed by atoms with Gasteiger partial charge in [-0.25, -0.2) is 4.57 Å². The van der Waals surface area contributed by atoms with Crippen LogP contribution in [-0.2, 0) is 35.5 Å². The van der Waals surface area contributed by atoms with Crippen molar-refractivity contribution in [2.45, 2.75) is 123 Å². The summed E-state index contributed by atoms with van der Waals surface area (Å²) >= 11 is 0. The lowest BCUT2D eigenvalue weighted by molar-refractivity contribution is -0.233. The lowest BCUT2D eigenvalue weighted by Crippen LogP contribution is -2.62. The number of hydrogen-bond donors (Lipinski definition) is 0. The van der Waals surface area contributed by atoms with E-state index in [-0.39, 0.29) is 12.7 Å². The number of ether oxygens (including phenoxy) is 1. The van der Waals surface area contributed by atoms with Crippen molar-refractivity contribution in [2.75, 3.05) is 6.61 Å². The molecule has 0 unspecified atom stereocenters. The third-order valence-electron chi connectivity index (χ3n) is 3.87. The monoisotopic (exact) mass is 590 g/mol. The fourth-order valence-electron chi connectivity index (χ4n) is 3.33. The van der Waals surface area contributed by atoms with E-state index in [2.05, 4.69) is 58.9 Å². The molecule has 1 saturated heterocycles. The molecular weight excluding hydrogens is 540 g/mol. The summed E-state index contributed by atoms with van der Waals surface area (Å²) in [5.41, 5.74) is 0. The average molecular weight is 591 g/mol. The number of phosphoric acid groups is 1. The van der Waals surface area contributed by atoms with Crippen LogP contribution < -0.4 is 0 Å². The molecule has 1 heterocycles. The van der Waals surface area contributed by atoms with Crippen LogP contribution in [0.2, 0.25) is 98.2 Å². The van der Waals surface area contributed by atoms with E-state index in [1.807, 2.05) is 39.3 Å². The molecule has 204 valence electrons. The highest BCUT2D eigenvalue weighted by Gasteiger charge is 2.51. The van der Waals surface area contributed by atoms with Crippen LogP contribution >= 0.6 is 7.82 Å². The van der Waals surface area contributed by atoms with Gasteiger partial charge in [-0.1, -0.05) is 0 Å². The molecule has 0 saturated carbocycles. The first-order valence-corrected chi connectivity index (χ1v) is 30.6. The molecule has 0 amide bonds. The molecule has 1 fully saturated rings. The van der Waals surface area contributed by atoms with Gasteiger partial charge in [-0.15, -0.1) is 0 Å². The van der Waals surface area contributed by atoms with E-state index in [9.17, 15) is 4.57 Å². The minimum Gasteiger partial charge on any atom is -0.410 e. The quantitative estimate of drug-likeness (QED) is 0.181. The van der Waals surface area contributed by atoms with E-state index in [4.69, 9.17) is 31.0 Å². The Hall–Kier alpha value is 1.03. The van der Waals surface area contributed by atoms with E-state index < -0.39 is 67.9 Å². The molecule has 0 aromatic heterocycles. The standard InChI is InChI=1S/C20H51O8PSi5/c1-30(2,3)24-17-16-22-20(19(26-32(7,8)9)18(17)25-31(4,5)6)23-29(21,27-33(10,11)12)28-34(13,14)15/h17-20H,16H2,1-15H3/t17-,18+,19-,20-/m1/s1. The molecule has 0 aliphatic carbocycles. The molecule has 14 heteroatoms. The van der Waals surface area contributed by atoms with Gasteiger partial charge in [0.25, 0.3) is 0 Å². The van der Waals surface area contributed by atoms with E-state index in [0.717, 1.165) is 0 Å². The lowest BCUT2D eigenvalue weighted by Gasteiger charge is -2.48. The minimum absolute atomic E-state index is 0.259. The zero-order valence-electron chi connectivity index (χ0n) is 24.2. The van der Waals surface area contributed by atoms with Crippen molar-refractivity contribution >= 4 is 49.4 Å².